The first-order valence-corrected chi connectivity index (χ1v) is 16.0. The predicted octanol–water partition coefficient (Wildman–Crippen LogP) is 4.25. The van der Waals surface area contributed by atoms with Crippen molar-refractivity contribution in [3.8, 4) is 11.1 Å². The molecule has 0 spiro atoms. The third-order valence-corrected chi connectivity index (χ3v) is 7.92. The van der Waals surface area contributed by atoms with Gasteiger partial charge in [-0.2, -0.15) is 47.0 Å². The molecular weight excluding hydrogens is 631 g/mol. The van der Waals surface area contributed by atoms with Crippen LogP contribution in [0.5, 0.6) is 0 Å². The summed E-state index contributed by atoms with van der Waals surface area (Å²) in [7, 11) is 0. The summed E-state index contributed by atoms with van der Waals surface area (Å²) in [5.74, 6) is 0. The Morgan fingerprint density at radius 1 is 0.738 bits per heavy atom. The van der Waals surface area contributed by atoms with E-state index in [0.29, 0.717) is 5.41 Å². The summed E-state index contributed by atoms with van der Waals surface area (Å²) in [4.78, 5) is 0. The average Bonchev–Trinajstić information content (AvgIpc) is 3.47. The molecule has 5 rings (SSSR count). The first-order valence-electron chi connectivity index (χ1n) is 14.6. The van der Waals surface area contributed by atoms with Crippen molar-refractivity contribution in [1.29, 1.82) is 0 Å². The van der Waals surface area contributed by atoms with Gasteiger partial charge in [0.1, 0.15) is 0 Å². The Morgan fingerprint density at radius 2 is 1.33 bits per heavy atom. The van der Waals surface area contributed by atoms with Gasteiger partial charge in [-0.25, -0.2) is 6.07 Å². The Labute approximate surface area is 284 Å². The molecule has 0 bridgehead atoms. The van der Waals surface area contributed by atoms with Crippen molar-refractivity contribution in [2.45, 2.75) is 98.3 Å². The fraction of sp³-hybridized carbons (Fsp3) is 0.385. The van der Waals surface area contributed by atoms with Gasteiger partial charge < -0.3 is 24.8 Å². The molecule has 0 fully saturated rings. The van der Waals surface area contributed by atoms with Crippen molar-refractivity contribution >= 4 is 3.71 Å². The molecule has 1 aliphatic rings. The molecule has 0 radical (unpaired) electrons. The Morgan fingerprint density at radius 3 is 1.81 bits per heavy atom. The van der Waals surface area contributed by atoms with Gasteiger partial charge in [0.05, 0.1) is 0 Å². The van der Waals surface area contributed by atoms with Gasteiger partial charge in [0.25, 0.3) is 0 Å². The zero-order chi connectivity index (χ0) is 29.7. The van der Waals surface area contributed by atoms with Crippen LogP contribution in [0.2, 0.25) is 0 Å². The number of benzene rings is 3. The molecule has 0 saturated heterocycles. The molecule has 0 saturated carbocycles. The molecule has 0 unspecified atom stereocenters. The van der Waals surface area contributed by atoms with E-state index in [9.17, 15) is 0 Å². The molecule has 4 aromatic rings. The van der Waals surface area contributed by atoms with Gasteiger partial charge in [0.15, 0.2) is 0 Å². The maximum absolute atomic E-state index is 3.67. The zero-order valence-corrected chi connectivity index (χ0v) is 31.2. The van der Waals surface area contributed by atoms with Crippen LogP contribution in [0.25, 0.3) is 11.1 Å². The number of rotatable bonds is 2. The molecule has 0 aliphatic heterocycles. The summed E-state index contributed by atoms with van der Waals surface area (Å²) in [6.07, 6.45) is 2.15. The van der Waals surface area contributed by atoms with Gasteiger partial charge >= 0.3 is 70.3 Å². The Kier molecular flexibility index (Phi) is 14.5. The summed E-state index contributed by atoms with van der Waals surface area (Å²) in [6, 6.07) is 32.3. The fourth-order valence-corrected chi connectivity index (χ4v) is 5.37. The minimum atomic E-state index is 0. The van der Waals surface area contributed by atoms with Crippen LogP contribution in [0.4, 0.5) is 0 Å². The number of halogens is 2. The molecule has 1 aliphatic carbocycles. The van der Waals surface area contributed by atoms with Crippen LogP contribution >= 0.6 is 0 Å². The number of fused-ring (bicyclic) bond motifs is 3. The van der Waals surface area contributed by atoms with Gasteiger partial charge in [0, 0.05) is 0 Å². The summed E-state index contributed by atoms with van der Waals surface area (Å²) in [5.41, 5.74) is 13.2. The molecule has 0 heterocycles. The van der Waals surface area contributed by atoms with Gasteiger partial charge in [-0.1, -0.05) is 98.4 Å². The minimum absolute atomic E-state index is 0. The average molecular weight is 679 g/mol. The number of aryl methyl sites for hydroxylation is 1. The quantitative estimate of drug-likeness (QED) is 0.245. The van der Waals surface area contributed by atoms with E-state index >= 15 is 0 Å². The third-order valence-electron chi connectivity index (χ3n) is 7.42. The first kappa shape index (κ1) is 38.4. The van der Waals surface area contributed by atoms with Gasteiger partial charge in [-0.05, 0) is 28.4 Å². The van der Waals surface area contributed by atoms with Crippen LogP contribution in [0.15, 0.2) is 78.9 Å². The van der Waals surface area contributed by atoms with E-state index in [1.807, 2.05) is 6.07 Å². The molecule has 4 aromatic carbocycles. The zero-order valence-electron chi connectivity index (χ0n) is 27.3. The Balaban J connectivity index is 0.000000353. The van der Waals surface area contributed by atoms with Crippen molar-refractivity contribution in [2.24, 2.45) is 0 Å². The van der Waals surface area contributed by atoms with Crippen molar-refractivity contribution in [2.75, 3.05) is 0 Å². The van der Waals surface area contributed by atoms with Crippen LogP contribution in [0.3, 0.4) is 0 Å². The van der Waals surface area contributed by atoms with E-state index in [2.05, 4.69) is 152 Å². The van der Waals surface area contributed by atoms with Crippen LogP contribution in [-0.2, 0) is 53.3 Å². The van der Waals surface area contributed by atoms with Gasteiger partial charge in [0.2, 0.25) is 0 Å². The van der Waals surface area contributed by atoms with Gasteiger partial charge in [-0.3, -0.25) is 0 Å². The fourth-order valence-electron chi connectivity index (χ4n) is 4.79. The van der Waals surface area contributed by atoms with Crippen molar-refractivity contribution in [3.05, 3.63) is 124 Å². The SMILES string of the molecule is CC(C)(C)c1[c-]c2c(cc1)-c1ccc(C(C)(C)C)cc1C2.Cc1cc(C(C)(C)C)c[cH-]1.[Cl-].[Cl-].[Zr+2]=[CH]Cc1ccccc1. The van der Waals surface area contributed by atoms with Gasteiger partial charge in [-0.15, -0.1) is 11.1 Å². The first-order chi connectivity index (χ1) is 18.6. The van der Waals surface area contributed by atoms with E-state index in [0.717, 1.165) is 12.8 Å². The standard InChI is InChI=1S/C21H25.C10H15.C8H8.2ClH.Zr/c1-20(2,3)16-7-9-18-14(12-16)11-15-13-17(21(4,5)6)8-10-19(15)18;1-8-5-6-9(7-8)10(2,3)4;1-2-8-6-4-3-5-7-8;;;/h7-10,12H,11H2,1-6H3;5-7H,1-4H3;1,3-7H,2H2;2*1H;/q2*-1;;;;+2/p-2. The van der Waals surface area contributed by atoms with E-state index in [1.54, 1.807) is 0 Å². The topological polar surface area (TPSA) is 0 Å². The second-order valence-electron chi connectivity index (χ2n) is 14.1. The second kappa shape index (κ2) is 15.9. The number of hydrogen-bond acceptors (Lipinski definition) is 0. The van der Waals surface area contributed by atoms with Crippen LogP contribution in [0, 0.1) is 13.0 Å². The predicted molar refractivity (Wildman–Crippen MR) is 173 cm³/mol. The molecule has 0 aromatic heterocycles. The molecule has 0 N–H and O–H groups in total. The normalized spacial score (nSPS) is 11.8. The van der Waals surface area contributed by atoms with Crippen molar-refractivity contribution < 1.29 is 49.0 Å². The van der Waals surface area contributed by atoms with Crippen molar-refractivity contribution in [1.82, 2.24) is 0 Å². The van der Waals surface area contributed by atoms with E-state index in [4.69, 9.17) is 0 Å². The number of hydrogen-bond donors (Lipinski definition) is 0. The molecule has 224 valence electrons. The molecule has 0 atom stereocenters. The third kappa shape index (κ3) is 10.8. The van der Waals surface area contributed by atoms with E-state index in [1.165, 1.54) is 74.3 Å². The van der Waals surface area contributed by atoms with E-state index in [-0.39, 0.29) is 35.6 Å². The summed E-state index contributed by atoms with van der Waals surface area (Å²) < 4.78 is 2.25. The van der Waals surface area contributed by atoms with Crippen LogP contribution in [-0.4, -0.2) is 3.71 Å². The molecule has 0 amide bonds. The summed E-state index contributed by atoms with van der Waals surface area (Å²) in [6.45, 7) is 22.4. The Bertz CT molecular complexity index is 1350. The van der Waals surface area contributed by atoms with Crippen molar-refractivity contribution in [3.63, 3.8) is 0 Å². The molecule has 0 nitrogen and oxygen atoms in total. The summed E-state index contributed by atoms with van der Waals surface area (Å²) in [5, 5.41) is 0. The maximum atomic E-state index is 3.67. The molecule has 42 heavy (non-hydrogen) atoms. The monoisotopic (exact) mass is 676 g/mol. The Hall–Kier alpha value is -1.66. The molecular formula is C39H48Cl2Zr-2. The summed E-state index contributed by atoms with van der Waals surface area (Å²) >= 11 is 1.51. The van der Waals surface area contributed by atoms with Crippen LogP contribution in [0.1, 0.15) is 101 Å². The van der Waals surface area contributed by atoms with E-state index < -0.39 is 0 Å². The molecule has 3 heteroatoms. The second-order valence-corrected chi connectivity index (χ2v) is 15.1. The van der Waals surface area contributed by atoms with Crippen LogP contribution < -0.4 is 24.8 Å².